The minimum Gasteiger partial charge on any atom is -0.489 e. The summed E-state index contributed by atoms with van der Waals surface area (Å²) in [5, 5.41) is 12.2. The number of aliphatic carboxylic acids is 1. The molecule has 4 nitrogen and oxygen atoms in total. The molecule has 4 rings (SSSR count). The minimum atomic E-state index is -0.874. The van der Waals surface area contributed by atoms with Crippen LogP contribution in [0.2, 0.25) is 0 Å². The van der Waals surface area contributed by atoms with Crippen LogP contribution < -0.4 is 4.74 Å². The number of para-hydroxylation sites is 1. The van der Waals surface area contributed by atoms with Crippen molar-refractivity contribution in [1.29, 1.82) is 0 Å². The van der Waals surface area contributed by atoms with Gasteiger partial charge in [0.25, 0.3) is 0 Å². The molecule has 0 aliphatic rings. The minimum absolute atomic E-state index is 0.0592. The predicted molar refractivity (Wildman–Crippen MR) is 106 cm³/mol. The molecular weight excluding hydrogens is 360 g/mol. The Bertz CT molecular complexity index is 1110. The van der Waals surface area contributed by atoms with Gasteiger partial charge in [0.1, 0.15) is 17.9 Å². The highest BCUT2D eigenvalue weighted by molar-refractivity contribution is 7.10. The summed E-state index contributed by atoms with van der Waals surface area (Å²) in [5.41, 5.74) is 4.71. The van der Waals surface area contributed by atoms with Crippen molar-refractivity contribution in [1.82, 2.24) is 0 Å². The molecule has 0 saturated heterocycles. The van der Waals surface area contributed by atoms with E-state index >= 15 is 0 Å². The van der Waals surface area contributed by atoms with Gasteiger partial charge in [-0.05, 0) is 53.8 Å². The average Bonchev–Trinajstić information content (AvgIpc) is 3.28. The highest BCUT2D eigenvalue weighted by atomic mass is 32.1. The van der Waals surface area contributed by atoms with Crippen LogP contribution in [0.1, 0.15) is 16.0 Å². The Morgan fingerprint density at radius 2 is 2.04 bits per heavy atom. The van der Waals surface area contributed by atoms with Crippen LogP contribution in [-0.4, -0.2) is 11.1 Å². The lowest BCUT2D eigenvalue weighted by Crippen LogP contribution is -2.04. The fourth-order valence-corrected chi connectivity index (χ4v) is 3.84. The molecule has 0 atom stereocenters. The molecule has 1 N–H and O–H groups in total. The number of ether oxygens (including phenoxy) is 1. The molecule has 0 spiro atoms. The standard InChI is InChI=1S/C22H18O4S/c1-14-8-18(13-27-14)19-10-15(9-17-6-7-25-22(17)19)12-26-20-5-3-2-4-16(20)11-21(23)24/h2-10,13H,11-12H2,1H3,(H,23,24). The van der Waals surface area contributed by atoms with Gasteiger partial charge >= 0.3 is 5.97 Å². The van der Waals surface area contributed by atoms with Crippen molar-refractivity contribution in [3.05, 3.63) is 76.2 Å². The highest BCUT2D eigenvalue weighted by Crippen LogP contribution is 2.34. The van der Waals surface area contributed by atoms with Gasteiger partial charge in [0.2, 0.25) is 0 Å². The summed E-state index contributed by atoms with van der Waals surface area (Å²) >= 11 is 1.71. The second kappa shape index (κ2) is 7.29. The molecule has 0 unspecified atom stereocenters. The second-order valence-corrected chi connectivity index (χ2v) is 7.51. The number of carboxylic acid groups (broad SMARTS) is 1. The smallest absolute Gasteiger partial charge is 0.307 e. The molecule has 0 aliphatic heterocycles. The maximum Gasteiger partial charge on any atom is 0.307 e. The normalized spacial score (nSPS) is 11.0. The van der Waals surface area contributed by atoms with Crippen molar-refractivity contribution >= 4 is 28.3 Å². The Balaban J connectivity index is 1.65. The Kier molecular flexibility index (Phi) is 4.69. The van der Waals surface area contributed by atoms with Gasteiger partial charge in [0, 0.05) is 21.4 Å². The van der Waals surface area contributed by atoms with E-state index in [0.29, 0.717) is 17.9 Å². The van der Waals surface area contributed by atoms with Crippen molar-refractivity contribution in [2.75, 3.05) is 0 Å². The van der Waals surface area contributed by atoms with Crippen LogP contribution in [0, 0.1) is 6.92 Å². The number of hydrogen-bond donors (Lipinski definition) is 1. The largest absolute Gasteiger partial charge is 0.489 e. The number of carboxylic acids is 1. The summed E-state index contributed by atoms with van der Waals surface area (Å²) in [6.07, 6.45) is 1.64. The van der Waals surface area contributed by atoms with Crippen molar-refractivity contribution in [3.63, 3.8) is 0 Å². The lowest BCUT2D eigenvalue weighted by molar-refractivity contribution is -0.136. The molecule has 0 aliphatic carbocycles. The van der Waals surface area contributed by atoms with Gasteiger partial charge in [-0.25, -0.2) is 0 Å². The molecule has 136 valence electrons. The van der Waals surface area contributed by atoms with E-state index in [1.54, 1.807) is 29.7 Å². The number of benzene rings is 2. The van der Waals surface area contributed by atoms with Gasteiger partial charge in [-0.1, -0.05) is 18.2 Å². The number of rotatable bonds is 6. The zero-order chi connectivity index (χ0) is 18.8. The molecule has 2 aromatic heterocycles. The molecule has 0 amide bonds. The summed E-state index contributed by atoms with van der Waals surface area (Å²) in [6, 6.07) is 15.5. The number of furan rings is 1. The first kappa shape index (κ1) is 17.4. The zero-order valence-corrected chi connectivity index (χ0v) is 15.6. The van der Waals surface area contributed by atoms with Crippen molar-refractivity contribution in [2.24, 2.45) is 0 Å². The van der Waals surface area contributed by atoms with Crippen LogP contribution in [0.4, 0.5) is 0 Å². The third kappa shape index (κ3) is 3.73. The first-order valence-corrected chi connectivity index (χ1v) is 9.46. The van der Waals surface area contributed by atoms with Crippen molar-refractivity contribution in [2.45, 2.75) is 20.0 Å². The molecule has 2 heterocycles. The molecule has 5 heteroatoms. The summed E-state index contributed by atoms with van der Waals surface area (Å²) < 4.78 is 11.6. The van der Waals surface area contributed by atoms with Crippen molar-refractivity contribution < 1.29 is 19.1 Å². The van der Waals surface area contributed by atoms with Crippen LogP contribution in [0.3, 0.4) is 0 Å². The third-order valence-corrected chi connectivity index (χ3v) is 5.22. The molecule has 2 aromatic carbocycles. The van der Waals surface area contributed by atoms with Crippen molar-refractivity contribution in [3.8, 4) is 16.9 Å². The van der Waals surface area contributed by atoms with Gasteiger partial charge in [-0.15, -0.1) is 11.3 Å². The lowest BCUT2D eigenvalue weighted by Gasteiger charge is -2.11. The van der Waals surface area contributed by atoms with E-state index in [4.69, 9.17) is 14.3 Å². The summed E-state index contributed by atoms with van der Waals surface area (Å²) in [4.78, 5) is 12.3. The maximum atomic E-state index is 11.1. The predicted octanol–water partition coefficient (Wildman–Crippen LogP) is 5.68. The molecule has 4 aromatic rings. The molecular formula is C22H18O4S. The number of carbonyl (C=O) groups is 1. The lowest BCUT2D eigenvalue weighted by atomic mass is 10.0. The number of hydrogen-bond acceptors (Lipinski definition) is 4. The number of fused-ring (bicyclic) bond motifs is 1. The number of thiophene rings is 1. The Morgan fingerprint density at radius 3 is 2.81 bits per heavy atom. The zero-order valence-electron chi connectivity index (χ0n) is 14.8. The maximum absolute atomic E-state index is 11.1. The van der Waals surface area contributed by atoms with Crippen LogP contribution in [0.5, 0.6) is 5.75 Å². The van der Waals surface area contributed by atoms with E-state index in [1.807, 2.05) is 24.3 Å². The monoisotopic (exact) mass is 378 g/mol. The number of aryl methyl sites for hydroxylation is 1. The topological polar surface area (TPSA) is 59.7 Å². The van der Waals surface area contributed by atoms with Gasteiger partial charge in [-0.3, -0.25) is 4.79 Å². The molecule has 0 radical (unpaired) electrons. The quantitative estimate of drug-likeness (QED) is 0.469. The van der Waals surface area contributed by atoms with Crippen LogP contribution >= 0.6 is 11.3 Å². The van der Waals surface area contributed by atoms with Crippen LogP contribution in [0.25, 0.3) is 22.1 Å². The van der Waals surface area contributed by atoms with E-state index < -0.39 is 5.97 Å². The fourth-order valence-electron chi connectivity index (χ4n) is 3.14. The van der Waals surface area contributed by atoms with E-state index in [-0.39, 0.29) is 6.42 Å². The molecule has 27 heavy (non-hydrogen) atoms. The fraction of sp³-hybridized carbons (Fsp3) is 0.136. The van der Waals surface area contributed by atoms with Gasteiger partial charge < -0.3 is 14.3 Å². The van der Waals surface area contributed by atoms with Gasteiger partial charge in [0.05, 0.1) is 12.7 Å². The highest BCUT2D eigenvalue weighted by Gasteiger charge is 2.12. The van der Waals surface area contributed by atoms with E-state index in [1.165, 1.54) is 4.88 Å². The summed E-state index contributed by atoms with van der Waals surface area (Å²) in [7, 11) is 0. The van der Waals surface area contributed by atoms with Gasteiger partial charge in [-0.2, -0.15) is 0 Å². The van der Waals surface area contributed by atoms with Crippen LogP contribution in [0.15, 0.2) is 64.6 Å². The molecule has 0 bridgehead atoms. The summed E-state index contributed by atoms with van der Waals surface area (Å²) in [6.45, 7) is 2.44. The summed E-state index contributed by atoms with van der Waals surface area (Å²) in [5.74, 6) is -0.277. The third-order valence-electron chi connectivity index (χ3n) is 4.36. The SMILES string of the molecule is Cc1cc(-c2cc(COc3ccccc3CC(=O)O)cc3ccoc23)cs1. The Morgan fingerprint density at radius 1 is 1.19 bits per heavy atom. The van der Waals surface area contributed by atoms with Crippen LogP contribution in [-0.2, 0) is 17.8 Å². The van der Waals surface area contributed by atoms with Gasteiger partial charge in [0.15, 0.2) is 0 Å². The molecule has 0 fully saturated rings. The first-order valence-electron chi connectivity index (χ1n) is 8.58. The van der Waals surface area contributed by atoms with E-state index in [0.717, 1.165) is 27.7 Å². The second-order valence-electron chi connectivity index (χ2n) is 6.40. The Labute approximate surface area is 160 Å². The van der Waals surface area contributed by atoms with E-state index in [9.17, 15) is 4.79 Å². The first-order chi connectivity index (χ1) is 13.1. The Hall–Kier alpha value is -3.05. The average molecular weight is 378 g/mol. The molecule has 0 saturated carbocycles. The van der Waals surface area contributed by atoms with E-state index in [2.05, 4.69) is 24.4 Å².